The largest absolute Gasteiger partial charge is 0.369 e. The minimum atomic E-state index is -0.251. The number of rotatable bonds is 5. The van der Waals surface area contributed by atoms with E-state index >= 15 is 0 Å². The maximum atomic E-state index is 13.6. The minimum Gasteiger partial charge on any atom is -0.369 e. The third kappa shape index (κ3) is 4.17. The molecular formula is C23H26F2N6. The van der Waals surface area contributed by atoms with E-state index in [0.717, 1.165) is 56.1 Å². The highest BCUT2D eigenvalue weighted by molar-refractivity contribution is 5.46. The Morgan fingerprint density at radius 3 is 2.06 bits per heavy atom. The molecule has 1 atom stereocenters. The summed E-state index contributed by atoms with van der Waals surface area (Å²) in [6.45, 7) is 3.23. The highest BCUT2D eigenvalue weighted by atomic mass is 19.1. The van der Waals surface area contributed by atoms with Crippen molar-refractivity contribution in [3.8, 4) is 0 Å². The van der Waals surface area contributed by atoms with Crippen LogP contribution in [0, 0.1) is 11.6 Å². The average Bonchev–Trinajstić information content (AvgIpc) is 3.48. The lowest BCUT2D eigenvalue weighted by molar-refractivity contribution is 0.197. The van der Waals surface area contributed by atoms with Crippen LogP contribution in [0.3, 0.4) is 0 Å². The van der Waals surface area contributed by atoms with E-state index in [0.29, 0.717) is 6.04 Å². The number of benzene rings is 2. The second-order valence-corrected chi connectivity index (χ2v) is 8.37. The zero-order chi connectivity index (χ0) is 21.2. The molecule has 0 unspecified atom stereocenters. The van der Waals surface area contributed by atoms with Crippen molar-refractivity contribution in [3.05, 3.63) is 71.6 Å². The molecule has 2 aliphatic rings. The van der Waals surface area contributed by atoms with Crippen molar-refractivity contribution in [1.29, 1.82) is 0 Å². The van der Waals surface area contributed by atoms with Crippen LogP contribution in [-0.4, -0.2) is 51.3 Å². The summed E-state index contributed by atoms with van der Waals surface area (Å²) < 4.78 is 28.9. The van der Waals surface area contributed by atoms with Crippen LogP contribution in [0.15, 0.2) is 48.5 Å². The molecule has 6 nitrogen and oxygen atoms in total. The smallest absolute Gasteiger partial charge is 0.173 e. The van der Waals surface area contributed by atoms with Gasteiger partial charge in [-0.25, -0.2) is 13.5 Å². The van der Waals surface area contributed by atoms with Gasteiger partial charge in [0.25, 0.3) is 0 Å². The number of nitrogens with zero attached hydrogens (tertiary/aromatic N) is 6. The van der Waals surface area contributed by atoms with E-state index in [9.17, 15) is 8.78 Å². The third-order valence-electron chi connectivity index (χ3n) is 6.49. The van der Waals surface area contributed by atoms with Crippen molar-refractivity contribution < 1.29 is 8.78 Å². The number of hydrogen-bond acceptors (Lipinski definition) is 5. The number of aromatic nitrogens is 4. The summed E-state index contributed by atoms with van der Waals surface area (Å²) in [6.07, 6.45) is 4.57. The predicted molar refractivity (Wildman–Crippen MR) is 114 cm³/mol. The Morgan fingerprint density at radius 1 is 0.806 bits per heavy atom. The zero-order valence-corrected chi connectivity index (χ0v) is 17.4. The molecule has 1 saturated carbocycles. The number of anilines is 1. The van der Waals surface area contributed by atoms with Gasteiger partial charge in [-0.3, -0.25) is 4.90 Å². The Morgan fingerprint density at radius 2 is 1.42 bits per heavy atom. The number of tetrazole rings is 1. The Kier molecular flexibility index (Phi) is 5.63. The highest BCUT2D eigenvalue weighted by Crippen LogP contribution is 2.34. The number of halogens is 2. The number of piperazine rings is 1. The summed E-state index contributed by atoms with van der Waals surface area (Å²) in [4.78, 5) is 4.63. The van der Waals surface area contributed by atoms with E-state index in [1.807, 2.05) is 28.9 Å². The van der Waals surface area contributed by atoms with Gasteiger partial charge in [-0.1, -0.05) is 25.0 Å². The Bertz CT molecular complexity index is 990. The first-order chi connectivity index (χ1) is 15.2. The summed E-state index contributed by atoms with van der Waals surface area (Å²) in [6, 6.07) is 13.5. The zero-order valence-electron chi connectivity index (χ0n) is 17.4. The van der Waals surface area contributed by atoms with Gasteiger partial charge in [-0.2, -0.15) is 0 Å². The molecule has 1 aliphatic carbocycles. The molecule has 0 radical (unpaired) electrons. The average molecular weight is 424 g/mol. The summed E-state index contributed by atoms with van der Waals surface area (Å²) in [7, 11) is 0. The van der Waals surface area contributed by atoms with Crippen LogP contribution in [0.25, 0.3) is 0 Å². The van der Waals surface area contributed by atoms with Gasteiger partial charge in [0.2, 0.25) is 0 Å². The fourth-order valence-corrected chi connectivity index (χ4v) is 4.85. The van der Waals surface area contributed by atoms with Gasteiger partial charge in [0.15, 0.2) is 5.82 Å². The summed E-state index contributed by atoms with van der Waals surface area (Å²) in [5.74, 6) is 0.352. The van der Waals surface area contributed by atoms with Crippen LogP contribution in [-0.2, 0) is 0 Å². The van der Waals surface area contributed by atoms with Crippen LogP contribution in [0.4, 0.5) is 14.5 Å². The molecule has 1 saturated heterocycles. The molecule has 2 aromatic carbocycles. The van der Waals surface area contributed by atoms with Gasteiger partial charge < -0.3 is 4.90 Å². The minimum absolute atomic E-state index is 0.133. The SMILES string of the molecule is Fc1ccc([C@H](c2nnnn2C2CCCC2)N2CCN(c3ccc(F)cc3)CC2)cc1. The first-order valence-electron chi connectivity index (χ1n) is 11.0. The fraction of sp³-hybridized carbons (Fsp3) is 0.435. The summed E-state index contributed by atoms with van der Waals surface area (Å²) >= 11 is 0. The van der Waals surface area contributed by atoms with Gasteiger partial charge in [0.1, 0.15) is 11.6 Å². The fourth-order valence-electron chi connectivity index (χ4n) is 4.85. The van der Waals surface area contributed by atoms with Crippen LogP contribution < -0.4 is 4.90 Å². The summed E-state index contributed by atoms with van der Waals surface area (Å²) in [5, 5.41) is 12.8. The van der Waals surface area contributed by atoms with Crippen LogP contribution in [0.2, 0.25) is 0 Å². The van der Waals surface area contributed by atoms with E-state index in [1.54, 1.807) is 0 Å². The summed E-state index contributed by atoms with van der Waals surface area (Å²) in [5.41, 5.74) is 2.01. The maximum Gasteiger partial charge on any atom is 0.173 e. The predicted octanol–water partition coefficient (Wildman–Crippen LogP) is 3.98. The maximum absolute atomic E-state index is 13.6. The molecule has 8 heteroatoms. The van der Waals surface area contributed by atoms with E-state index in [-0.39, 0.29) is 17.7 Å². The monoisotopic (exact) mass is 424 g/mol. The van der Waals surface area contributed by atoms with E-state index in [4.69, 9.17) is 0 Å². The molecule has 0 amide bonds. The molecule has 0 N–H and O–H groups in total. The van der Waals surface area contributed by atoms with Crippen molar-refractivity contribution >= 4 is 5.69 Å². The molecule has 2 fully saturated rings. The molecule has 0 bridgehead atoms. The molecular weight excluding hydrogens is 398 g/mol. The quantitative estimate of drug-likeness (QED) is 0.620. The second kappa shape index (κ2) is 8.70. The van der Waals surface area contributed by atoms with Crippen molar-refractivity contribution in [1.82, 2.24) is 25.1 Å². The van der Waals surface area contributed by atoms with E-state index < -0.39 is 0 Å². The Hall–Kier alpha value is -2.87. The van der Waals surface area contributed by atoms with Crippen molar-refractivity contribution in [2.75, 3.05) is 31.1 Å². The van der Waals surface area contributed by atoms with Gasteiger partial charge in [-0.05, 0) is 65.2 Å². The Balaban J connectivity index is 1.41. The van der Waals surface area contributed by atoms with Crippen LogP contribution in [0.5, 0.6) is 0 Å². The Labute approximate surface area is 180 Å². The third-order valence-corrected chi connectivity index (χ3v) is 6.49. The van der Waals surface area contributed by atoms with Crippen LogP contribution >= 0.6 is 0 Å². The molecule has 162 valence electrons. The normalized spacial score (nSPS) is 19.1. The topological polar surface area (TPSA) is 50.1 Å². The van der Waals surface area contributed by atoms with E-state index in [2.05, 4.69) is 25.3 Å². The molecule has 0 spiro atoms. The first-order valence-corrected chi connectivity index (χ1v) is 11.0. The lowest BCUT2D eigenvalue weighted by atomic mass is 10.0. The second-order valence-electron chi connectivity index (χ2n) is 8.37. The molecule has 31 heavy (non-hydrogen) atoms. The van der Waals surface area contributed by atoms with Gasteiger partial charge in [-0.15, -0.1) is 5.10 Å². The number of hydrogen-bond donors (Lipinski definition) is 0. The molecule has 1 aromatic heterocycles. The lowest BCUT2D eigenvalue weighted by Crippen LogP contribution is -2.48. The lowest BCUT2D eigenvalue weighted by Gasteiger charge is -2.40. The highest BCUT2D eigenvalue weighted by Gasteiger charge is 2.33. The van der Waals surface area contributed by atoms with Crippen LogP contribution in [0.1, 0.15) is 49.2 Å². The van der Waals surface area contributed by atoms with Crippen molar-refractivity contribution in [3.63, 3.8) is 0 Å². The van der Waals surface area contributed by atoms with Gasteiger partial charge in [0.05, 0.1) is 12.1 Å². The molecule has 2 heterocycles. The van der Waals surface area contributed by atoms with Crippen molar-refractivity contribution in [2.45, 2.75) is 37.8 Å². The first kappa shape index (κ1) is 20.1. The van der Waals surface area contributed by atoms with Crippen molar-refractivity contribution in [2.24, 2.45) is 0 Å². The standard InChI is InChI=1S/C23H26F2N6/c24-18-7-5-17(6-8-18)22(23-26-27-28-31(23)21-3-1-2-4-21)30-15-13-29(14-16-30)20-11-9-19(25)10-12-20/h5-12,21-22H,1-4,13-16H2/t22-/m1/s1. The molecule has 3 aromatic rings. The molecule has 5 rings (SSSR count). The van der Waals surface area contributed by atoms with E-state index in [1.165, 1.54) is 37.1 Å². The van der Waals surface area contributed by atoms with Gasteiger partial charge in [0, 0.05) is 31.9 Å². The molecule has 1 aliphatic heterocycles. The van der Waals surface area contributed by atoms with Gasteiger partial charge >= 0.3 is 0 Å².